The van der Waals surface area contributed by atoms with Gasteiger partial charge in [-0.3, -0.25) is 9.59 Å². The number of nitrogens with zero attached hydrogens (tertiary/aromatic N) is 1. The summed E-state index contributed by atoms with van der Waals surface area (Å²) in [6.45, 7) is 4.20. The Bertz CT molecular complexity index is 499. The Morgan fingerprint density at radius 1 is 1.30 bits per heavy atom. The molecule has 1 atom stereocenters. The van der Waals surface area contributed by atoms with Crippen LogP contribution in [0.25, 0.3) is 0 Å². The van der Waals surface area contributed by atoms with Crippen molar-refractivity contribution in [1.82, 2.24) is 5.32 Å². The van der Waals surface area contributed by atoms with Crippen molar-refractivity contribution in [3.63, 3.8) is 0 Å². The molecule has 1 saturated heterocycles. The Kier molecular flexibility index (Phi) is 4.70. The normalized spacial score (nSPS) is 19.4. The zero-order valence-electron chi connectivity index (χ0n) is 12.1. The number of nitrogens with one attached hydrogen (secondary N) is 1. The molecule has 5 heteroatoms. The van der Waals surface area contributed by atoms with Crippen LogP contribution in [-0.2, 0) is 9.59 Å². The van der Waals surface area contributed by atoms with Crippen molar-refractivity contribution in [1.29, 1.82) is 0 Å². The highest BCUT2D eigenvalue weighted by Crippen LogP contribution is 2.23. The molecular weight excluding hydrogens is 272 g/mol. The predicted molar refractivity (Wildman–Crippen MR) is 82.0 cm³/mol. The Labute approximate surface area is 123 Å². The van der Waals surface area contributed by atoms with E-state index in [2.05, 4.69) is 5.32 Å². The minimum Gasteiger partial charge on any atom is -0.343 e. The number of hydrogen-bond acceptors (Lipinski definition) is 3. The van der Waals surface area contributed by atoms with E-state index in [1.165, 1.54) is 0 Å². The van der Waals surface area contributed by atoms with Gasteiger partial charge in [0.05, 0.1) is 0 Å². The third kappa shape index (κ3) is 3.33. The van der Waals surface area contributed by atoms with Crippen LogP contribution in [0.4, 0.5) is 5.69 Å². The first kappa shape index (κ1) is 14.9. The molecule has 1 aromatic rings. The number of hydrogen-bond donors (Lipinski definition) is 1. The molecule has 0 saturated carbocycles. The van der Waals surface area contributed by atoms with Crippen LogP contribution < -0.4 is 10.2 Å². The number of carbonyl (C=O) groups is 2. The van der Waals surface area contributed by atoms with Gasteiger partial charge in [-0.2, -0.15) is 0 Å². The first-order chi connectivity index (χ1) is 9.51. The van der Waals surface area contributed by atoms with E-state index >= 15 is 0 Å². The Balaban J connectivity index is 2.20. The number of piperazine rings is 1. The van der Waals surface area contributed by atoms with Gasteiger partial charge in [-0.25, -0.2) is 0 Å². The number of anilines is 1. The summed E-state index contributed by atoms with van der Waals surface area (Å²) < 4.78 is 0. The van der Waals surface area contributed by atoms with Crippen LogP contribution in [0.15, 0.2) is 29.2 Å². The van der Waals surface area contributed by atoms with Crippen LogP contribution >= 0.6 is 11.8 Å². The lowest BCUT2D eigenvalue weighted by atomic mass is 10.0. The second kappa shape index (κ2) is 6.31. The van der Waals surface area contributed by atoms with Crippen molar-refractivity contribution < 1.29 is 9.59 Å². The maximum absolute atomic E-state index is 12.5. The fourth-order valence-corrected chi connectivity index (χ4v) is 2.73. The second-order valence-corrected chi connectivity index (χ2v) is 6.25. The molecule has 1 aliphatic rings. The molecule has 2 rings (SSSR count). The summed E-state index contributed by atoms with van der Waals surface area (Å²) in [7, 11) is 0. The predicted octanol–water partition coefficient (Wildman–Crippen LogP) is 2.29. The van der Waals surface area contributed by atoms with Crippen molar-refractivity contribution in [2.45, 2.75) is 31.2 Å². The van der Waals surface area contributed by atoms with E-state index in [1.54, 1.807) is 16.7 Å². The van der Waals surface area contributed by atoms with Gasteiger partial charge in [0.1, 0.15) is 12.6 Å². The van der Waals surface area contributed by atoms with E-state index < -0.39 is 6.04 Å². The van der Waals surface area contributed by atoms with Crippen LogP contribution in [0.2, 0.25) is 0 Å². The topological polar surface area (TPSA) is 49.4 Å². The van der Waals surface area contributed by atoms with E-state index in [0.29, 0.717) is 12.3 Å². The SMILES string of the molecule is CSc1ccc(N2CC(=O)NC(CC(C)C)C2=O)cc1. The van der Waals surface area contributed by atoms with Gasteiger partial charge in [0.15, 0.2) is 0 Å². The number of thioether (sulfide) groups is 1. The Hall–Kier alpha value is -1.49. The highest BCUT2D eigenvalue weighted by atomic mass is 32.2. The average Bonchev–Trinajstić information content (AvgIpc) is 2.42. The highest BCUT2D eigenvalue weighted by Gasteiger charge is 2.33. The van der Waals surface area contributed by atoms with E-state index in [4.69, 9.17) is 0 Å². The molecule has 0 aromatic heterocycles. The standard InChI is InChI=1S/C15H20N2O2S/c1-10(2)8-13-15(19)17(9-14(18)16-13)11-4-6-12(20-3)7-5-11/h4-7,10,13H,8-9H2,1-3H3,(H,16,18). The minimum absolute atomic E-state index is 0.0183. The molecule has 20 heavy (non-hydrogen) atoms. The molecule has 0 bridgehead atoms. The monoisotopic (exact) mass is 292 g/mol. The maximum atomic E-state index is 12.5. The third-order valence-electron chi connectivity index (χ3n) is 3.29. The molecule has 1 fully saturated rings. The molecule has 0 spiro atoms. The molecule has 1 N–H and O–H groups in total. The lowest BCUT2D eigenvalue weighted by molar-refractivity contribution is -0.131. The summed E-state index contributed by atoms with van der Waals surface area (Å²) >= 11 is 1.65. The second-order valence-electron chi connectivity index (χ2n) is 5.37. The molecule has 1 aromatic carbocycles. The molecule has 0 aliphatic carbocycles. The van der Waals surface area contributed by atoms with Crippen molar-refractivity contribution in [3.05, 3.63) is 24.3 Å². The van der Waals surface area contributed by atoms with Crippen molar-refractivity contribution in [2.75, 3.05) is 17.7 Å². The number of carbonyl (C=O) groups excluding carboxylic acids is 2. The summed E-state index contributed by atoms with van der Waals surface area (Å²) in [5.41, 5.74) is 0.788. The summed E-state index contributed by atoms with van der Waals surface area (Å²) in [6, 6.07) is 7.33. The van der Waals surface area contributed by atoms with E-state index in [0.717, 1.165) is 10.6 Å². The van der Waals surface area contributed by atoms with E-state index in [-0.39, 0.29) is 18.4 Å². The number of benzene rings is 1. The molecular formula is C15H20N2O2S. The van der Waals surface area contributed by atoms with Gasteiger partial charge >= 0.3 is 0 Å². The van der Waals surface area contributed by atoms with Gasteiger partial charge in [0.25, 0.3) is 0 Å². The molecule has 2 amide bonds. The fourth-order valence-electron chi connectivity index (χ4n) is 2.32. The summed E-state index contributed by atoms with van der Waals surface area (Å²) in [5, 5.41) is 2.79. The zero-order chi connectivity index (χ0) is 14.7. The summed E-state index contributed by atoms with van der Waals surface area (Å²) in [6.07, 6.45) is 2.68. The van der Waals surface area contributed by atoms with Gasteiger partial charge in [-0.05, 0) is 42.9 Å². The summed E-state index contributed by atoms with van der Waals surface area (Å²) in [5.74, 6) is 0.252. The van der Waals surface area contributed by atoms with Gasteiger partial charge in [0, 0.05) is 10.6 Å². The first-order valence-corrected chi connectivity index (χ1v) is 7.98. The van der Waals surface area contributed by atoms with Crippen LogP contribution in [-0.4, -0.2) is 30.7 Å². The molecule has 1 unspecified atom stereocenters. The molecule has 108 valence electrons. The van der Waals surface area contributed by atoms with Crippen LogP contribution in [0.3, 0.4) is 0 Å². The fraction of sp³-hybridized carbons (Fsp3) is 0.467. The minimum atomic E-state index is -0.406. The van der Waals surface area contributed by atoms with Crippen LogP contribution in [0, 0.1) is 5.92 Å². The quantitative estimate of drug-likeness (QED) is 0.866. The van der Waals surface area contributed by atoms with Gasteiger partial charge < -0.3 is 10.2 Å². The van der Waals surface area contributed by atoms with Crippen LogP contribution in [0.1, 0.15) is 20.3 Å². The zero-order valence-corrected chi connectivity index (χ0v) is 12.9. The highest BCUT2D eigenvalue weighted by molar-refractivity contribution is 7.98. The maximum Gasteiger partial charge on any atom is 0.250 e. The largest absolute Gasteiger partial charge is 0.343 e. The summed E-state index contributed by atoms with van der Waals surface area (Å²) in [4.78, 5) is 27.0. The lowest BCUT2D eigenvalue weighted by Gasteiger charge is -2.33. The van der Waals surface area contributed by atoms with Gasteiger partial charge in [-0.15, -0.1) is 11.8 Å². The Morgan fingerprint density at radius 3 is 2.50 bits per heavy atom. The third-order valence-corrected chi connectivity index (χ3v) is 4.04. The van der Waals surface area contributed by atoms with Gasteiger partial charge in [-0.1, -0.05) is 13.8 Å². The molecule has 4 nitrogen and oxygen atoms in total. The molecule has 1 heterocycles. The average molecular weight is 292 g/mol. The van der Waals surface area contributed by atoms with Crippen LogP contribution in [0.5, 0.6) is 0 Å². The van der Waals surface area contributed by atoms with E-state index in [9.17, 15) is 9.59 Å². The van der Waals surface area contributed by atoms with E-state index in [1.807, 2.05) is 44.4 Å². The van der Waals surface area contributed by atoms with Crippen molar-refractivity contribution in [2.24, 2.45) is 5.92 Å². The van der Waals surface area contributed by atoms with Crippen molar-refractivity contribution in [3.8, 4) is 0 Å². The van der Waals surface area contributed by atoms with Crippen molar-refractivity contribution >= 4 is 29.3 Å². The lowest BCUT2D eigenvalue weighted by Crippen LogP contribution is -2.58. The molecule has 1 aliphatic heterocycles. The molecule has 0 radical (unpaired) electrons. The number of rotatable bonds is 4. The van der Waals surface area contributed by atoms with Gasteiger partial charge in [0.2, 0.25) is 11.8 Å². The first-order valence-electron chi connectivity index (χ1n) is 6.76. The smallest absolute Gasteiger partial charge is 0.250 e. The Morgan fingerprint density at radius 2 is 1.95 bits per heavy atom. The number of amides is 2.